The lowest BCUT2D eigenvalue weighted by atomic mass is 9.77. The molecule has 2 N–H and O–H groups in total. The van der Waals surface area contributed by atoms with E-state index < -0.39 is 0 Å². The summed E-state index contributed by atoms with van der Waals surface area (Å²) in [4.78, 5) is 12.7. The van der Waals surface area contributed by atoms with E-state index in [1.807, 2.05) is 31.2 Å². The highest BCUT2D eigenvalue weighted by atomic mass is 79.9. The van der Waals surface area contributed by atoms with Gasteiger partial charge in [0.1, 0.15) is 0 Å². The highest BCUT2D eigenvalue weighted by molar-refractivity contribution is 9.10. The Morgan fingerprint density at radius 2 is 2.25 bits per heavy atom. The van der Waals surface area contributed by atoms with Crippen LogP contribution in [0.5, 0.6) is 0 Å². The average Bonchev–Trinajstić information content (AvgIpc) is 2.48. The molecule has 0 aliphatic carbocycles. The number of benzene rings is 1. The molecule has 0 bridgehead atoms. The van der Waals surface area contributed by atoms with Crippen LogP contribution in [0.3, 0.4) is 0 Å². The Labute approximate surface area is 129 Å². The van der Waals surface area contributed by atoms with Crippen LogP contribution >= 0.6 is 15.9 Å². The van der Waals surface area contributed by atoms with Crippen molar-refractivity contribution in [3.8, 4) is 0 Å². The van der Waals surface area contributed by atoms with E-state index in [0.717, 1.165) is 42.4 Å². The van der Waals surface area contributed by atoms with Gasteiger partial charge in [-0.15, -0.1) is 0 Å². The zero-order valence-electron chi connectivity index (χ0n) is 12.2. The Kier molecular flexibility index (Phi) is 5.22. The summed E-state index contributed by atoms with van der Waals surface area (Å²) in [6.45, 7) is 5.96. The van der Waals surface area contributed by atoms with Crippen molar-refractivity contribution < 1.29 is 4.79 Å². The van der Waals surface area contributed by atoms with E-state index in [2.05, 4.69) is 33.5 Å². The van der Waals surface area contributed by atoms with Crippen LogP contribution in [0.25, 0.3) is 0 Å². The van der Waals surface area contributed by atoms with Gasteiger partial charge in [-0.3, -0.25) is 4.79 Å². The van der Waals surface area contributed by atoms with Crippen LogP contribution in [-0.2, 0) is 4.79 Å². The molecule has 1 saturated heterocycles. The lowest BCUT2D eigenvalue weighted by molar-refractivity contribution is -0.133. The van der Waals surface area contributed by atoms with Crippen LogP contribution in [0.4, 0.5) is 0 Å². The Morgan fingerprint density at radius 3 is 2.85 bits per heavy atom. The van der Waals surface area contributed by atoms with Crippen molar-refractivity contribution in [3.05, 3.63) is 34.3 Å². The van der Waals surface area contributed by atoms with Crippen molar-refractivity contribution in [2.24, 2.45) is 5.41 Å². The fraction of sp³-hybridized carbons (Fsp3) is 0.562. The molecule has 1 amide bonds. The highest BCUT2D eigenvalue weighted by Crippen LogP contribution is 2.32. The van der Waals surface area contributed by atoms with Gasteiger partial charge < -0.3 is 10.6 Å². The van der Waals surface area contributed by atoms with Crippen molar-refractivity contribution >= 4 is 21.8 Å². The molecule has 2 atom stereocenters. The third kappa shape index (κ3) is 3.23. The van der Waals surface area contributed by atoms with Gasteiger partial charge in [-0.1, -0.05) is 41.1 Å². The number of amides is 1. The Balaban J connectivity index is 2.08. The fourth-order valence-corrected chi connectivity index (χ4v) is 3.51. The molecule has 1 aliphatic rings. The first kappa shape index (κ1) is 15.5. The van der Waals surface area contributed by atoms with Crippen molar-refractivity contribution in [2.45, 2.75) is 39.2 Å². The number of hydrogen-bond donors (Lipinski definition) is 2. The monoisotopic (exact) mass is 338 g/mol. The fourth-order valence-electron chi connectivity index (χ4n) is 2.88. The van der Waals surface area contributed by atoms with Crippen molar-refractivity contribution in [1.82, 2.24) is 10.6 Å². The molecule has 20 heavy (non-hydrogen) atoms. The molecule has 3 nitrogen and oxygen atoms in total. The summed E-state index contributed by atoms with van der Waals surface area (Å²) in [6.07, 6.45) is 2.93. The lowest BCUT2D eigenvalue weighted by Gasteiger charge is -2.36. The van der Waals surface area contributed by atoms with Gasteiger partial charge in [0.05, 0.1) is 11.5 Å². The van der Waals surface area contributed by atoms with E-state index in [1.54, 1.807) is 0 Å². The molecule has 1 heterocycles. The van der Waals surface area contributed by atoms with Gasteiger partial charge >= 0.3 is 0 Å². The molecule has 0 spiro atoms. The third-order valence-corrected chi connectivity index (χ3v) is 5.07. The van der Waals surface area contributed by atoms with Gasteiger partial charge in [0.2, 0.25) is 5.91 Å². The predicted molar refractivity (Wildman–Crippen MR) is 85.5 cm³/mol. The molecule has 0 saturated carbocycles. The second-order valence-electron chi connectivity index (χ2n) is 5.63. The smallest absolute Gasteiger partial charge is 0.227 e. The Morgan fingerprint density at radius 1 is 1.50 bits per heavy atom. The summed E-state index contributed by atoms with van der Waals surface area (Å²) in [5, 5.41) is 6.55. The Bertz CT molecular complexity index is 469. The summed E-state index contributed by atoms with van der Waals surface area (Å²) in [5.74, 6) is 0.176. The average molecular weight is 339 g/mol. The predicted octanol–water partition coefficient (Wildman–Crippen LogP) is 3.41. The first-order chi connectivity index (χ1) is 9.59. The molecular weight excluding hydrogens is 316 g/mol. The van der Waals surface area contributed by atoms with Gasteiger partial charge in [-0.05, 0) is 44.4 Å². The van der Waals surface area contributed by atoms with E-state index in [-0.39, 0.29) is 17.4 Å². The standard InChI is InChI=1S/C16H23BrN2O/c1-3-16(9-6-10-18-11-16)15(20)19-12(2)13-7-4-5-8-14(13)17/h4-5,7-8,12,18H,3,6,9-11H2,1-2H3,(H,19,20). The number of carbonyl (C=O) groups is 1. The number of piperidine rings is 1. The zero-order chi connectivity index (χ0) is 14.6. The van der Waals surface area contributed by atoms with Gasteiger partial charge in [-0.2, -0.15) is 0 Å². The van der Waals surface area contributed by atoms with Crippen LogP contribution in [0.2, 0.25) is 0 Å². The van der Waals surface area contributed by atoms with Crippen molar-refractivity contribution in [2.75, 3.05) is 13.1 Å². The number of nitrogens with one attached hydrogen (secondary N) is 2. The maximum Gasteiger partial charge on any atom is 0.227 e. The minimum Gasteiger partial charge on any atom is -0.349 e. The summed E-state index contributed by atoms with van der Waals surface area (Å²) in [7, 11) is 0. The minimum absolute atomic E-state index is 0.0171. The maximum absolute atomic E-state index is 12.7. The summed E-state index contributed by atoms with van der Waals surface area (Å²) < 4.78 is 1.04. The molecule has 1 aromatic carbocycles. The topological polar surface area (TPSA) is 41.1 Å². The quantitative estimate of drug-likeness (QED) is 0.883. The van der Waals surface area contributed by atoms with Gasteiger partial charge in [-0.25, -0.2) is 0 Å². The molecule has 110 valence electrons. The van der Waals surface area contributed by atoms with Gasteiger partial charge in [0.25, 0.3) is 0 Å². The van der Waals surface area contributed by atoms with Gasteiger partial charge in [0, 0.05) is 11.0 Å². The number of rotatable bonds is 4. The van der Waals surface area contributed by atoms with Crippen LogP contribution in [0, 0.1) is 5.41 Å². The first-order valence-electron chi connectivity index (χ1n) is 7.35. The lowest BCUT2D eigenvalue weighted by Crippen LogP contribution is -2.50. The molecule has 0 radical (unpaired) electrons. The molecule has 0 aromatic heterocycles. The van der Waals surface area contributed by atoms with E-state index in [4.69, 9.17) is 0 Å². The van der Waals surface area contributed by atoms with Crippen molar-refractivity contribution in [1.29, 1.82) is 0 Å². The Hall–Kier alpha value is -0.870. The van der Waals surface area contributed by atoms with E-state index in [1.165, 1.54) is 0 Å². The number of hydrogen-bond acceptors (Lipinski definition) is 2. The zero-order valence-corrected chi connectivity index (χ0v) is 13.8. The van der Waals surface area contributed by atoms with Gasteiger partial charge in [0.15, 0.2) is 0 Å². The van der Waals surface area contributed by atoms with E-state index in [9.17, 15) is 4.79 Å². The molecule has 4 heteroatoms. The summed E-state index contributed by atoms with van der Waals surface area (Å²) in [6, 6.07) is 8.06. The van der Waals surface area contributed by atoms with E-state index >= 15 is 0 Å². The third-order valence-electron chi connectivity index (χ3n) is 4.35. The van der Waals surface area contributed by atoms with Crippen molar-refractivity contribution in [3.63, 3.8) is 0 Å². The summed E-state index contributed by atoms with van der Waals surface area (Å²) >= 11 is 3.55. The largest absolute Gasteiger partial charge is 0.349 e. The first-order valence-corrected chi connectivity index (χ1v) is 8.14. The molecule has 1 fully saturated rings. The minimum atomic E-state index is -0.242. The maximum atomic E-state index is 12.7. The number of halogens is 1. The van der Waals surface area contributed by atoms with Crippen LogP contribution in [-0.4, -0.2) is 19.0 Å². The molecule has 1 aliphatic heterocycles. The van der Waals surface area contributed by atoms with Crippen LogP contribution in [0.15, 0.2) is 28.7 Å². The molecule has 1 aromatic rings. The summed E-state index contributed by atoms with van der Waals surface area (Å²) in [5.41, 5.74) is 0.879. The molecular formula is C16H23BrN2O. The second kappa shape index (κ2) is 6.72. The van der Waals surface area contributed by atoms with Crippen LogP contribution < -0.4 is 10.6 Å². The van der Waals surface area contributed by atoms with E-state index in [0.29, 0.717) is 0 Å². The highest BCUT2D eigenvalue weighted by Gasteiger charge is 2.38. The van der Waals surface area contributed by atoms with Crippen LogP contribution in [0.1, 0.15) is 44.7 Å². The SMILES string of the molecule is CCC1(C(=O)NC(C)c2ccccc2Br)CCCNC1. The normalized spacial score (nSPS) is 24.1. The second-order valence-corrected chi connectivity index (χ2v) is 6.49. The number of carbonyl (C=O) groups excluding carboxylic acids is 1. The molecule has 2 rings (SSSR count). The molecule has 2 unspecified atom stereocenters.